The summed E-state index contributed by atoms with van der Waals surface area (Å²) < 4.78 is 37.0. The number of carboxylic acid groups (broad SMARTS) is 2. The lowest BCUT2D eigenvalue weighted by Crippen LogP contribution is -2.40. The minimum atomic E-state index is -1.23. The molecule has 2 aliphatic heterocycles. The molecule has 13 N–H and O–H groups in total. The highest BCUT2D eigenvalue weighted by atomic mass is 16.6. The number of imidazole rings is 1. The Hall–Kier alpha value is -7.46. The summed E-state index contributed by atoms with van der Waals surface area (Å²) in [7, 11) is 0. The number of aliphatic carboxylic acids is 1. The number of fused-ring (bicyclic) bond motifs is 3. The summed E-state index contributed by atoms with van der Waals surface area (Å²) >= 11 is 0. The molecule has 1 fully saturated rings. The van der Waals surface area contributed by atoms with E-state index < -0.39 is 54.5 Å². The van der Waals surface area contributed by atoms with E-state index in [0.717, 1.165) is 0 Å². The number of carbonyl (C=O) groups excluding carboxylic acids is 1. The number of rotatable bonds is 27. The van der Waals surface area contributed by atoms with Crippen LogP contribution in [0.15, 0.2) is 93.4 Å². The van der Waals surface area contributed by atoms with Gasteiger partial charge in [0.05, 0.1) is 76.5 Å². The number of carboxylic acids is 2. The Bertz CT molecular complexity index is 2970. The van der Waals surface area contributed by atoms with Crippen molar-refractivity contribution in [2.75, 3.05) is 65.1 Å². The Morgan fingerprint density at radius 1 is 0.945 bits per heavy atom. The number of hydrazine groups is 1. The molecule has 0 radical (unpaired) electrons. The number of nitrogen functional groups attached to an aromatic ring is 1. The molecule has 6 atom stereocenters. The Labute approximate surface area is 416 Å². The van der Waals surface area contributed by atoms with Gasteiger partial charge in [0.1, 0.15) is 47.2 Å². The number of aliphatic imine (C=N–C) groups is 1. The minimum Gasteiger partial charge on any atom is -0.508 e. The highest BCUT2D eigenvalue weighted by Gasteiger charge is 2.47. The van der Waals surface area contributed by atoms with Gasteiger partial charge in [-0.3, -0.25) is 23.9 Å². The van der Waals surface area contributed by atoms with Crippen molar-refractivity contribution in [3.05, 3.63) is 100 Å². The topological polar surface area (TPSA) is 384 Å². The summed E-state index contributed by atoms with van der Waals surface area (Å²) in [5, 5.41) is 45.5. The van der Waals surface area contributed by atoms with Crippen molar-refractivity contribution in [3.8, 4) is 28.2 Å². The van der Waals surface area contributed by atoms with E-state index in [1.165, 1.54) is 72.4 Å². The van der Waals surface area contributed by atoms with Crippen molar-refractivity contribution in [2.45, 2.75) is 55.9 Å². The molecule has 4 heterocycles. The van der Waals surface area contributed by atoms with E-state index in [-0.39, 0.29) is 124 Å². The van der Waals surface area contributed by atoms with Crippen LogP contribution >= 0.6 is 0 Å². The molecule has 388 valence electrons. The molecule has 7 rings (SSSR count). The first-order valence-electron chi connectivity index (χ1n) is 23.0. The van der Waals surface area contributed by atoms with Gasteiger partial charge in [-0.05, 0) is 74.0 Å². The number of anilines is 1. The number of aromatic hydroxyl groups is 1. The zero-order chi connectivity index (χ0) is 52.2. The molecule has 1 aliphatic carbocycles. The fraction of sp³-hybridized carbons (Fsp3) is 0.375. The minimum absolute atomic E-state index is 0.0837. The molecule has 0 spiro atoms. The predicted molar refractivity (Wildman–Crippen MR) is 263 cm³/mol. The molecule has 4 aromatic rings. The molecule has 0 saturated carbocycles. The molecule has 0 unspecified atom stereocenters. The summed E-state index contributed by atoms with van der Waals surface area (Å²) in [6.45, 7) is 5.05. The third-order valence-electron chi connectivity index (χ3n) is 11.9. The van der Waals surface area contributed by atoms with E-state index in [9.17, 15) is 39.6 Å². The van der Waals surface area contributed by atoms with Crippen LogP contribution in [0.3, 0.4) is 0 Å². The van der Waals surface area contributed by atoms with Crippen LogP contribution in [0.4, 0.5) is 5.82 Å². The number of aliphatic hydroxyl groups excluding tert-OH is 1. The van der Waals surface area contributed by atoms with Crippen LogP contribution in [0.25, 0.3) is 44.6 Å². The number of aromatic nitrogens is 4. The maximum absolute atomic E-state index is 13.3. The van der Waals surface area contributed by atoms with Gasteiger partial charge in [-0.25, -0.2) is 25.6 Å². The van der Waals surface area contributed by atoms with Gasteiger partial charge in [-0.15, -0.1) is 0 Å². The van der Waals surface area contributed by atoms with E-state index in [4.69, 9.17) is 51.1 Å². The lowest BCUT2D eigenvalue weighted by Gasteiger charge is -2.26. The van der Waals surface area contributed by atoms with Crippen LogP contribution in [0.5, 0.6) is 5.75 Å². The maximum Gasteiger partial charge on any atom is 0.336 e. The highest BCUT2D eigenvalue weighted by molar-refractivity contribution is 6.09. The fourth-order valence-electron chi connectivity index (χ4n) is 8.20. The maximum atomic E-state index is 13.3. The number of carbonyl (C=O) groups is 3. The number of ether oxygens (including phenoxy) is 5. The van der Waals surface area contributed by atoms with Crippen molar-refractivity contribution in [3.63, 3.8) is 0 Å². The summed E-state index contributed by atoms with van der Waals surface area (Å²) in [4.78, 5) is 65.6. The predicted octanol–water partition coefficient (Wildman–Crippen LogP) is 1.44. The average molecular weight is 1010 g/mol. The zero-order valence-electron chi connectivity index (χ0n) is 39.4. The normalized spacial score (nSPS) is 17.8. The van der Waals surface area contributed by atoms with Gasteiger partial charge in [-0.2, -0.15) is 0 Å². The van der Waals surface area contributed by atoms with Gasteiger partial charge < -0.3 is 76.1 Å². The number of nitrogens with two attached hydrogens (primary N) is 4. The number of hydrogen-bond acceptors (Lipinski definition) is 21. The van der Waals surface area contributed by atoms with Gasteiger partial charge in [0.25, 0.3) is 5.91 Å². The van der Waals surface area contributed by atoms with E-state index in [0.29, 0.717) is 33.4 Å². The highest BCUT2D eigenvalue weighted by Crippen LogP contribution is 2.42. The number of hydrogen-bond donors (Lipinski definition) is 9. The molecule has 0 bridgehead atoms. The Kier molecular flexibility index (Phi) is 18.1. The summed E-state index contributed by atoms with van der Waals surface area (Å²) in [5.41, 5.74) is 20.1. The van der Waals surface area contributed by atoms with Crippen molar-refractivity contribution in [2.24, 2.45) is 22.3 Å². The standard InChI is InChI=1S/C48H57N11O14/c1-53-22-28(23-71-42-41(62)38(19-27(49)3-9-35(50)48(66)67)73-46(42)58-25-57-40-43(51)55-24-56-44(40)58)59(52)11-13-69-15-17-70-16-14-68-12-10-54-45(63)26-2-6-31(47(64)65)34(18-26)39-32-7-4-29(60)20-36(32)72-37-21-30(61)5-8-33(37)39/h2,4-8,18,20-22,24-25,27,35,38,41-42,46,60,62H,1,3,9-17,19,23,49-50,52H2,(H,54,63)(H,64,65)(H,66,67)(H2,51,55,56)/b28-22-/t27-,35-,38+,41+,42+,46+/m0/s1. The number of phenolic OH excluding ortho intramolecular Hbond substituents is 1. The van der Waals surface area contributed by atoms with Crippen molar-refractivity contribution in [1.29, 1.82) is 0 Å². The molecule has 1 amide bonds. The number of phenols is 1. The van der Waals surface area contributed by atoms with Gasteiger partial charge in [0.15, 0.2) is 23.1 Å². The van der Waals surface area contributed by atoms with Crippen LogP contribution in [0, 0.1) is 0 Å². The summed E-state index contributed by atoms with van der Waals surface area (Å²) in [6, 6.07) is 11.1. The number of aliphatic hydroxyl groups is 1. The van der Waals surface area contributed by atoms with E-state index in [1.54, 1.807) is 10.6 Å². The van der Waals surface area contributed by atoms with Gasteiger partial charge >= 0.3 is 11.9 Å². The summed E-state index contributed by atoms with van der Waals surface area (Å²) in [5.74, 6) is 3.77. The van der Waals surface area contributed by atoms with Crippen LogP contribution < -0.4 is 33.8 Å². The van der Waals surface area contributed by atoms with Crippen molar-refractivity contribution < 1.29 is 62.9 Å². The first-order chi connectivity index (χ1) is 35.1. The number of nitrogens with zero attached hydrogens (tertiary/aromatic N) is 6. The quantitative estimate of drug-likeness (QED) is 0.0116. The van der Waals surface area contributed by atoms with Crippen LogP contribution in [0.1, 0.15) is 46.2 Å². The zero-order valence-corrected chi connectivity index (χ0v) is 39.4. The van der Waals surface area contributed by atoms with Crippen molar-refractivity contribution >= 4 is 52.5 Å². The number of benzene rings is 3. The van der Waals surface area contributed by atoms with Gasteiger partial charge in [-0.1, -0.05) is 0 Å². The first kappa shape index (κ1) is 53.3. The molecular formula is C48H57N11O14. The average Bonchev–Trinajstić information content (AvgIpc) is 3.93. The van der Waals surface area contributed by atoms with Crippen LogP contribution in [-0.2, 0) is 28.5 Å². The van der Waals surface area contributed by atoms with Crippen LogP contribution in [0.2, 0.25) is 0 Å². The monoisotopic (exact) mass is 1010 g/mol. The lowest BCUT2D eigenvalue weighted by molar-refractivity contribution is -0.138. The largest absolute Gasteiger partial charge is 0.508 e. The number of nitrogens with one attached hydrogen (secondary N) is 1. The smallest absolute Gasteiger partial charge is 0.336 e. The van der Waals surface area contributed by atoms with Crippen LogP contribution in [-0.4, -0.2) is 159 Å². The SMILES string of the molecule is C=N/C=C(/CO[C@@H]1[C@H](O)[C@@H](C[C@@H](N)CC[C@H](N)C(=O)O)O[C@H]1n1cnc2c(N)ncnc21)N(N)CCOCCOCCOCCNC(=O)c1ccc(C(=O)O)c(-c2c3ccc(=O)cc-3oc3cc(O)ccc23)c1. The summed E-state index contributed by atoms with van der Waals surface area (Å²) in [6.07, 6.45) is 0.715. The second-order valence-corrected chi connectivity index (χ2v) is 16.9. The first-order valence-corrected chi connectivity index (χ1v) is 23.0. The third kappa shape index (κ3) is 13.2. The Balaban J connectivity index is 0.832. The molecule has 3 aliphatic rings. The van der Waals surface area contributed by atoms with E-state index in [1.807, 2.05) is 0 Å². The third-order valence-corrected chi connectivity index (χ3v) is 11.9. The number of aromatic carboxylic acids is 1. The van der Waals surface area contributed by atoms with E-state index in [2.05, 4.69) is 32.0 Å². The molecule has 25 heteroatoms. The molecular weight excluding hydrogens is 955 g/mol. The molecule has 1 saturated heterocycles. The molecule has 2 aromatic heterocycles. The van der Waals surface area contributed by atoms with Gasteiger partial charge in [0, 0.05) is 53.0 Å². The molecule has 73 heavy (non-hydrogen) atoms. The Morgan fingerprint density at radius 2 is 1.70 bits per heavy atom. The second-order valence-electron chi connectivity index (χ2n) is 16.9. The number of amides is 1. The fourth-order valence-corrected chi connectivity index (χ4v) is 8.20. The van der Waals surface area contributed by atoms with Crippen molar-refractivity contribution in [1.82, 2.24) is 29.8 Å². The molecule has 2 aromatic carbocycles. The molecule has 25 nitrogen and oxygen atoms in total. The van der Waals surface area contributed by atoms with E-state index >= 15 is 0 Å². The second kappa shape index (κ2) is 24.8. The van der Waals surface area contributed by atoms with Gasteiger partial charge in [0.2, 0.25) is 0 Å². The lowest BCUT2D eigenvalue weighted by atomic mass is 9.89. The Morgan fingerprint density at radius 3 is 2.44 bits per heavy atom.